The molecule has 0 radical (unpaired) electrons. The van der Waals surface area contributed by atoms with Crippen LogP contribution in [-0.4, -0.2) is 18.3 Å². The van der Waals surface area contributed by atoms with Crippen LogP contribution in [0.5, 0.6) is 0 Å². The standard InChI is InChI=1S/C15H14FN3OS/c16-10-2-1-3-12(8-10)18-15(20)19-6-7-21-14-5-4-11(17)9-13(14)19/h1-5,8-9H,6-7,17H2,(H,18,20). The van der Waals surface area contributed by atoms with E-state index in [2.05, 4.69) is 5.32 Å². The molecular weight excluding hydrogens is 289 g/mol. The number of thioether (sulfide) groups is 1. The van der Waals surface area contributed by atoms with Gasteiger partial charge in [-0.25, -0.2) is 9.18 Å². The molecule has 0 atom stereocenters. The van der Waals surface area contributed by atoms with E-state index in [4.69, 9.17) is 5.73 Å². The second-order valence-corrected chi connectivity index (χ2v) is 5.80. The van der Waals surface area contributed by atoms with E-state index in [9.17, 15) is 9.18 Å². The lowest BCUT2D eigenvalue weighted by Crippen LogP contribution is -2.38. The maximum Gasteiger partial charge on any atom is 0.326 e. The first kappa shape index (κ1) is 13.8. The predicted octanol–water partition coefficient (Wildman–Crippen LogP) is 3.55. The van der Waals surface area contributed by atoms with Crippen LogP contribution in [0.3, 0.4) is 0 Å². The van der Waals surface area contributed by atoms with Crippen molar-refractivity contribution in [3.63, 3.8) is 0 Å². The molecule has 3 N–H and O–H groups in total. The Bertz CT molecular complexity index is 692. The zero-order valence-electron chi connectivity index (χ0n) is 11.2. The van der Waals surface area contributed by atoms with E-state index in [-0.39, 0.29) is 11.8 Å². The largest absolute Gasteiger partial charge is 0.399 e. The molecule has 0 saturated heterocycles. The minimum atomic E-state index is -0.383. The molecule has 3 rings (SSSR count). The number of nitrogen functional groups attached to an aromatic ring is 1. The van der Waals surface area contributed by atoms with Crippen LogP contribution in [0.1, 0.15) is 0 Å². The Morgan fingerprint density at radius 2 is 2.14 bits per heavy atom. The molecule has 1 aliphatic rings. The number of nitrogens with two attached hydrogens (primary N) is 1. The maximum atomic E-state index is 13.2. The van der Waals surface area contributed by atoms with Crippen LogP contribution in [0.15, 0.2) is 47.4 Å². The first-order chi connectivity index (χ1) is 10.1. The van der Waals surface area contributed by atoms with Gasteiger partial charge in [0.15, 0.2) is 0 Å². The third-order valence-corrected chi connectivity index (χ3v) is 4.21. The van der Waals surface area contributed by atoms with Crippen LogP contribution in [0.25, 0.3) is 0 Å². The normalized spacial score (nSPS) is 13.7. The summed E-state index contributed by atoms with van der Waals surface area (Å²) in [4.78, 5) is 15.0. The molecule has 108 valence electrons. The molecule has 0 spiro atoms. The number of fused-ring (bicyclic) bond motifs is 1. The molecule has 2 aromatic rings. The lowest BCUT2D eigenvalue weighted by atomic mass is 10.2. The Labute approximate surface area is 126 Å². The van der Waals surface area contributed by atoms with Crippen LogP contribution < -0.4 is 16.0 Å². The second kappa shape index (κ2) is 5.65. The second-order valence-electron chi connectivity index (χ2n) is 4.67. The zero-order valence-corrected chi connectivity index (χ0v) is 12.0. The van der Waals surface area contributed by atoms with Crippen molar-refractivity contribution in [3.8, 4) is 0 Å². The summed E-state index contributed by atoms with van der Waals surface area (Å²) in [5, 5.41) is 2.71. The highest BCUT2D eigenvalue weighted by molar-refractivity contribution is 7.99. The van der Waals surface area contributed by atoms with Gasteiger partial charge in [-0.05, 0) is 36.4 Å². The Morgan fingerprint density at radius 3 is 2.95 bits per heavy atom. The molecule has 0 saturated carbocycles. The van der Waals surface area contributed by atoms with Crippen molar-refractivity contribution in [2.24, 2.45) is 0 Å². The van der Waals surface area contributed by atoms with E-state index in [1.165, 1.54) is 12.1 Å². The van der Waals surface area contributed by atoms with Crippen molar-refractivity contribution >= 4 is 34.9 Å². The van der Waals surface area contributed by atoms with Gasteiger partial charge in [0, 0.05) is 28.6 Å². The van der Waals surface area contributed by atoms with Crippen LogP contribution in [0, 0.1) is 5.82 Å². The predicted molar refractivity (Wildman–Crippen MR) is 84.3 cm³/mol. The molecule has 21 heavy (non-hydrogen) atoms. The highest BCUT2D eigenvalue weighted by Crippen LogP contribution is 2.36. The molecule has 0 aliphatic carbocycles. The molecule has 0 bridgehead atoms. The number of rotatable bonds is 1. The first-order valence-corrected chi connectivity index (χ1v) is 7.48. The number of benzene rings is 2. The number of carbonyl (C=O) groups is 1. The lowest BCUT2D eigenvalue weighted by molar-refractivity contribution is 0.257. The van der Waals surface area contributed by atoms with Gasteiger partial charge in [0.05, 0.1) is 5.69 Å². The van der Waals surface area contributed by atoms with Crippen molar-refractivity contribution in [1.29, 1.82) is 0 Å². The van der Waals surface area contributed by atoms with Crippen LogP contribution in [0.2, 0.25) is 0 Å². The van der Waals surface area contributed by atoms with Gasteiger partial charge >= 0.3 is 6.03 Å². The summed E-state index contributed by atoms with van der Waals surface area (Å²) < 4.78 is 13.2. The number of halogens is 1. The molecular formula is C15H14FN3OS. The fraction of sp³-hybridized carbons (Fsp3) is 0.133. The number of anilines is 3. The summed E-state index contributed by atoms with van der Waals surface area (Å²) in [6.07, 6.45) is 0. The summed E-state index contributed by atoms with van der Waals surface area (Å²) in [6.45, 7) is 0.586. The molecule has 0 unspecified atom stereocenters. The van der Waals surface area contributed by atoms with E-state index in [0.717, 1.165) is 16.3 Å². The molecule has 6 heteroatoms. The van der Waals surface area contributed by atoms with Crippen LogP contribution in [-0.2, 0) is 0 Å². The minimum Gasteiger partial charge on any atom is -0.399 e. The monoisotopic (exact) mass is 303 g/mol. The van der Waals surface area contributed by atoms with Crippen molar-refractivity contribution in [1.82, 2.24) is 0 Å². The van der Waals surface area contributed by atoms with Gasteiger partial charge in [-0.3, -0.25) is 4.90 Å². The van der Waals surface area contributed by atoms with Crippen LogP contribution in [0.4, 0.5) is 26.2 Å². The number of hydrogen-bond donors (Lipinski definition) is 2. The van der Waals surface area contributed by atoms with E-state index in [0.29, 0.717) is 17.9 Å². The third kappa shape index (κ3) is 2.95. The summed E-state index contributed by atoms with van der Waals surface area (Å²) in [5.74, 6) is 0.430. The lowest BCUT2D eigenvalue weighted by Gasteiger charge is -2.29. The number of hydrogen-bond acceptors (Lipinski definition) is 3. The van der Waals surface area contributed by atoms with Gasteiger partial charge in [0.25, 0.3) is 0 Å². The van der Waals surface area contributed by atoms with E-state index in [1.807, 2.05) is 12.1 Å². The fourth-order valence-corrected chi connectivity index (χ4v) is 3.18. The Hall–Kier alpha value is -2.21. The van der Waals surface area contributed by atoms with Gasteiger partial charge in [-0.15, -0.1) is 11.8 Å². The van der Waals surface area contributed by atoms with Crippen molar-refractivity contribution in [3.05, 3.63) is 48.3 Å². The third-order valence-electron chi connectivity index (χ3n) is 3.17. The molecule has 2 aromatic carbocycles. The highest BCUT2D eigenvalue weighted by Gasteiger charge is 2.23. The van der Waals surface area contributed by atoms with Crippen molar-refractivity contribution in [2.75, 3.05) is 28.2 Å². The number of carbonyl (C=O) groups excluding carboxylic acids is 1. The minimum absolute atomic E-state index is 0.284. The summed E-state index contributed by atoms with van der Waals surface area (Å²) >= 11 is 1.69. The Morgan fingerprint density at radius 1 is 1.29 bits per heavy atom. The summed E-state index contributed by atoms with van der Waals surface area (Å²) in [5.41, 5.74) is 7.64. The Balaban J connectivity index is 1.85. The molecule has 1 aliphatic heterocycles. The average molecular weight is 303 g/mol. The highest BCUT2D eigenvalue weighted by atomic mass is 32.2. The number of urea groups is 1. The van der Waals surface area contributed by atoms with Gasteiger partial charge in [0.1, 0.15) is 5.82 Å². The quantitative estimate of drug-likeness (QED) is 0.792. The topological polar surface area (TPSA) is 58.4 Å². The number of amides is 2. The van der Waals surface area contributed by atoms with Gasteiger partial charge in [-0.2, -0.15) is 0 Å². The molecule has 4 nitrogen and oxygen atoms in total. The molecule has 0 aromatic heterocycles. The molecule has 1 heterocycles. The van der Waals surface area contributed by atoms with Crippen molar-refractivity contribution in [2.45, 2.75) is 4.90 Å². The van der Waals surface area contributed by atoms with Gasteiger partial charge < -0.3 is 11.1 Å². The van der Waals surface area contributed by atoms with E-state index in [1.54, 1.807) is 34.9 Å². The fourth-order valence-electron chi connectivity index (χ4n) is 2.20. The SMILES string of the molecule is Nc1ccc2c(c1)N(C(=O)Nc1cccc(F)c1)CCS2. The number of nitrogens with zero attached hydrogens (tertiary/aromatic N) is 1. The van der Waals surface area contributed by atoms with Crippen LogP contribution >= 0.6 is 11.8 Å². The molecule has 0 fully saturated rings. The molecule has 2 amide bonds. The smallest absolute Gasteiger partial charge is 0.326 e. The van der Waals surface area contributed by atoms with Crippen molar-refractivity contribution < 1.29 is 9.18 Å². The summed E-state index contributed by atoms with van der Waals surface area (Å²) in [6, 6.07) is 11.1. The average Bonchev–Trinajstić information content (AvgIpc) is 2.46. The van der Waals surface area contributed by atoms with Gasteiger partial charge in [-0.1, -0.05) is 6.07 Å². The first-order valence-electron chi connectivity index (χ1n) is 6.50. The maximum absolute atomic E-state index is 13.2. The van der Waals surface area contributed by atoms with Gasteiger partial charge in [0.2, 0.25) is 0 Å². The van der Waals surface area contributed by atoms with E-state index < -0.39 is 0 Å². The van der Waals surface area contributed by atoms with E-state index >= 15 is 0 Å². The summed E-state index contributed by atoms with van der Waals surface area (Å²) in [7, 11) is 0. The zero-order chi connectivity index (χ0) is 14.8. The Kier molecular flexibility index (Phi) is 3.70. The number of nitrogens with one attached hydrogen (secondary N) is 1.